The normalized spacial score (nSPS) is 16.1. The first-order valence-corrected chi connectivity index (χ1v) is 7.18. The molecular formula is C15H20N2O2S. The van der Waals surface area contributed by atoms with Gasteiger partial charge >= 0.3 is 0 Å². The quantitative estimate of drug-likeness (QED) is 0.773. The summed E-state index contributed by atoms with van der Waals surface area (Å²) in [7, 11) is 1.63. The predicted molar refractivity (Wildman–Crippen MR) is 82.7 cm³/mol. The summed E-state index contributed by atoms with van der Waals surface area (Å²) in [6, 6.07) is 8.10. The first-order valence-electron chi connectivity index (χ1n) is 6.77. The number of carbonyl (C=O) groups excluding carboxylic acids is 1. The van der Waals surface area contributed by atoms with Gasteiger partial charge in [0, 0.05) is 26.6 Å². The van der Waals surface area contributed by atoms with Gasteiger partial charge in [0.15, 0.2) is 0 Å². The Bertz CT molecular complexity index is 504. The molecule has 0 spiro atoms. The van der Waals surface area contributed by atoms with Crippen LogP contribution in [0.5, 0.6) is 0 Å². The van der Waals surface area contributed by atoms with E-state index in [0.717, 1.165) is 12.0 Å². The standard InChI is InChI=1S/C15H20N2O2S/c1-19-9-8-17(7-6-14(16)20)15(18)13-10-11-4-2-3-5-12(11)13/h2-5,13H,6-10H2,1H3,(H2,16,20). The van der Waals surface area contributed by atoms with Crippen molar-refractivity contribution < 1.29 is 9.53 Å². The van der Waals surface area contributed by atoms with Crippen molar-refractivity contribution >= 4 is 23.1 Å². The van der Waals surface area contributed by atoms with Crippen LogP contribution in [-0.2, 0) is 16.0 Å². The lowest BCUT2D eigenvalue weighted by Crippen LogP contribution is -2.42. The molecule has 2 N–H and O–H groups in total. The van der Waals surface area contributed by atoms with E-state index in [1.54, 1.807) is 7.11 Å². The molecule has 1 aliphatic carbocycles. The summed E-state index contributed by atoms with van der Waals surface area (Å²) in [5.41, 5.74) is 7.95. The molecule has 0 fully saturated rings. The minimum absolute atomic E-state index is 0.0191. The molecule has 108 valence electrons. The number of ether oxygens (including phenoxy) is 1. The van der Waals surface area contributed by atoms with Crippen molar-refractivity contribution in [3.63, 3.8) is 0 Å². The average molecular weight is 292 g/mol. The molecule has 0 radical (unpaired) electrons. The zero-order valence-corrected chi connectivity index (χ0v) is 12.5. The van der Waals surface area contributed by atoms with Gasteiger partial charge in [0.25, 0.3) is 0 Å². The van der Waals surface area contributed by atoms with Gasteiger partial charge in [-0.05, 0) is 17.5 Å². The predicted octanol–water partition coefficient (Wildman–Crippen LogP) is 1.48. The highest BCUT2D eigenvalue weighted by Crippen LogP contribution is 2.36. The lowest BCUT2D eigenvalue weighted by atomic mass is 9.77. The van der Waals surface area contributed by atoms with E-state index in [0.29, 0.717) is 31.1 Å². The number of nitrogens with zero attached hydrogens (tertiary/aromatic N) is 1. The molecule has 0 aromatic heterocycles. The summed E-state index contributed by atoms with van der Waals surface area (Å²) >= 11 is 4.89. The number of hydrogen-bond donors (Lipinski definition) is 1. The molecule has 1 aliphatic rings. The van der Waals surface area contributed by atoms with E-state index in [1.165, 1.54) is 5.56 Å². The van der Waals surface area contributed by atoms with Crippen molar-refractivity contribution in [2.45, 2.75) is 18.8 Å². The molecule has 1 atom stereocenters. The molecule has 0 saturated heterocycles. The van der Waals surface area contributed by atoms with E-state index < -0.39 is 0 Å². The molecule has 0 aliphatic heterocycles. The third-order valence-corrected chi connectivity index (χ3v) is 3.86. The highest BCUT2D eigenvalue weighted by molar-refractivity contribution is 7.80. The molecule has 1 amide bonds. The Morgan fingerprint density at radius 2 is 2.20 bits per heavy atom. The molecule has 1 aromatic rings. The summed E-state index contributed by atoms with van der Waals surface area (Å²) in [5, 5.41) is 0. The SMILES string of the molecule is COCCN(CCC(N)=S)C(=O)C1Cc2ccccc21. The Morgan fingerprint density at radius 3 is 2.85 bits per heavy atom. The van der Waals surface area contributed by atoms with Crippen molar-refractivity contribution in [2.75, 3.05) is 26.8 Å². The zero-order valence-electron chi connectivity index (χ0n) is 11.7. The maximum atomic E-state index is 12.6. The third-order valence-electron chi connectivity index (χ3n) is 3.66. The second-order valence-electron chi connectivity index (χ2n) is 4.99. The summed E-state index contributed by atoms with van der Waals surface area (Å²) in [4.78, 5) is 14.8. The number of benzene rings is 1. The Kier molecular flexibility index (Phi) is 5.09. The van der Waals surface area contributed by atoms with Crippen LogP contribution in [0.15, 0.2) is 24.3 Å². The van der Waals surface area contributed by atoms with Crippen LogP contribution in [0, 0.1) is 0 Å². The second-order valence-corrected chi connectivity index (χ2v) is 5.51. The molecule has 1 unspecified atom stereocenters. The van der Waals surface area contributed by atoms with E-state index in [9.17, 15) is 4.79 Å². The zero-order chi connectivity index (χ0) is 14.5. The van der Waals surface area contributed by atoms with Gasteiger partial charge in [0.05, 0.1) is 17.5 Å². The number of nitrogens with two attached hydrogens (primary N) is 1. The van der Waals surface area contributed by atoms with Crippen LogP contribution in [-0.4, -0.2) is 42.6 Å². The summed E-state index contributed by atoms with van der Waals surface area (Å²) in [5.74, 6) is 0.131. The van der Waals surface area contributed by atoms with Gasteiger partial charge in [0.1, 0.15) is 0 Å². The third kappa shape index (κ3) is 3.35. The van der Waals surface area contributed by atoms with Gasteiger partial charge in [-0.2, -0.15) is 0 Å². The topological polar surface area (TPSA) is 55.6 Å². The molecule has 5 heteroatoms. The summed E-state index contributed by atoms with van der Waals surface area (Å²) in [6.45, 7) is 1.67. The van der Waals surface area contributed by atoms with E-state index in [-0.39, 0.29) is 11.8 Å². The van der Waals surface area contributed by atoms with Gasteiger partial charge in [-0.1, -0.05) is 36.5 Å². The van der Waals surface area contributed by atoms with Crippen molar-refractivity contribution in [3.8, 4) is 0 Å². The van der Waals surface area contributed by atoms with Crippen LogP contribution in [0.3, 0.4) is 0 Å². The van der Waals surface area contributed by atoms with Crippen molar-refractivity contribution in [1.29, 1.82) is 0 Å². The van der Waals surface area contributed by atoms with Gasteiger partial charge < -0.3 is 15.4 Å². The molecule has 0 bridgehead atoms. The molecule has 2 rings (SSSR count). The number of fused-ring (bicyclic) bond motifs is 1. The average Bonchev–Trinajstić information content (AvgIpc) is 2.40. The number of carbonyl (C=O) groups is 1. The number of thiocarbonyl (C=S) groups is 1. The van der Waals surface area contributed by atoms with Gasteiger partial charge in [-0.25, -0.2) is 0 Å². The van der Waals surface area contributed by atoms with Crippen LogP contribution in [0.2, 0.25) is 0 Å². The Morgan fingerprint density at radius 1 is 1.45 bits per heavy atom. The second kappa shape index (κ2) is 6.81. The van der Waals surface area contributed by atoms with Gasteiger partial charge in [-0.15, -0.1) is 0 Å². The van der Waals surface area contributed by atoms with Gasteiger partial charge in [0.2, 0.25) is 5.91 Å². The van der Waals surface area contributed by atoms with Gasteiger partial charge in [-0.3, -0.25) is 4.79 Å². The lowest BCUT2D eigenvalue weighted by molar-refractivity contribution is -0.134. The Hall–Kier alpha value is -1.46. The Labute approximate surface area is 124 Å². The molecular weight excluding hydrogens is 272 g/mol. The number of methoxy groups -OCH3 is 1. The largest absolute Gasteiger partial charge is 0.393 e. The number of hydrogen-bond acceptors (Lipinski definition) is 3. The highest BCUT2D eigenvalue weighted by atomic mass is 32.1. The lowest BCUT2D eigenvalue weighted by Gasteiger charge is -2.34. The summed E-state index contributed by atoms with van der Waals surface area (Å²) in [6.07, 6.45) is 1.38. The van der Waals surface area contributed by atoms with E-state index in [4.69, 9.17) is 22.7 Å². The molecule has 0 saturated carbocycles. The van der Waals surface area contributed by atoms with E-state index in [1.807, 2.05) is 23.1 Å². The van der Waals surface area contributed by atoms with Crippen LogP contribution in [0.25, 0.3) is 0 Å². The molecule has 0 heterocycles. The Balaban J connectivity index is 2.01. The molecule has 1 aromatic carbocycles. The highest BCUT2D eigenvalue weighted by Gasteiger charge is 2.34. The molecule has 4 nitrogen and oxygen atoms in total. The van der Waals surface area contributed by atoms with Crippen LogP contribution in [0.1, 0.15) is 23.5 Å². The number of amides is 1. The van der Waals surface area contributed by atoms with Crippen molar-refractivity contribution in [2.24, 2.45) is 5.73 Å². The van der Waals surface area contributed by atoms with Crippen molar-refractivity contribution in [3.05, 3.63) is 35.4 Å². The molecule has 20 heavy (non-hydrogen) atoms. The maximum absolute atomic E-state index is 12.6. The van der Waals surface area contributed by atoms with E-state index in [2.05, 4.69) is 6.07 Å². The maximum Gasteiger partial charge on any atom is 0.230 e. The van der Waals surface area contributed by atoms with E-state index >= 15 is 0 Å². The minimum atomic E-state index is -0.0191. The van der Waals surface area contributed by atoms with Crippen LogP contribution >= 0.6 is 12.2 Å². The fourth-order valence-corrected chi connectivity index (χ4v) is 2.57. The smallest absolute Gasteiger partial charge is 0.230 e. The monoisotopic (exact) mass is 292 g/mol. The first-order chi connectivity index (χ1) is 9.63. The minimum Gasteiger partial charge on any atom is -0.393 e. The first kappa shape index (κ1) is 14.9. The van der Waals surface area contributed by atoms with Crippen LogP contribution < -0.4 is 5.73 Å². The number of rotatable bonds is 7. The fraction of sp³-hybridized carbons (Fsp3) is 0.467. The summed E-state index contributed by atoms with van der Waals surface area (Å²) < 4.78 is 5.07. The van der Waals surface area contributed by atoms with Crippen molar-refractivity contribution in [1.82, 2.24) is 4.90 Å². The van der Waals surface area contributed by atoms with Crippen LogP contribution in [0.4, 0.5) is 0 Å². The fourth-order valence-electron chi connectivity index (χ4n) is 2.48.